The van der Waals surface area contributed by atoms with Gasteiger partial charge in [-0.25, -0.2) is 14.4 Å². The molecule has 360 valence electrons. The summed E-state index contributed by atoms with van der Waals surface area (Å²) in [7, 11) is -2.83. The van der Waals surface area contributed by atoms with Gasteiger partial charge < -0.3 is 48.0 Å². The highest BCUT2D eigenvalue weighted by Gasteiger charge is 2.77. The lowest BCUT2D eigenvalue weighted by molar-refractivity contribution is -0.345. The fourth-order valence-electron chi connectivity index (χ4n) is 11.1. The second-order valence-electron chi connectivity index (χ2n) is 21.3. The number of benzene rings is 2. The van der Waals surface area contributed by atoms with Crippen molar-refractivity contribution >= 4 is 32.3 Å². The number of rotatable bonds is 12. The van der Waals surface area contributed by atoms with E-state index in [2.05, 4.69) is 11.9 Å². The molecule has 3 aliphatic carbocycles. The zero-order valence-electron chi connectivity index (χ0n) is 40.5. The summed E-state index contributed by atoms with van der Waals surface area (Å²) in [5.74, 6) is -2.99. The van der Waals surface area contributed by atoms with Crippen LogP contribution in [0.2, 0.25) is 18.1 Å². The maximum Gasteiger partial charge on any atom is 0.407 e. The van der Waals surface area contributed by atoms with Gasteiger partial charge in [-0.2, -0.15) is 0 Å². The smallest absolute Gasteiger partial charge is 0.407 e. The normalized spacial score (nSPS) is 33.3. The molecule has 2 heterocycles. The Morgan fingerprint density at radius 3 is 2.17 bits per heavy atom. The third-order valence-corrected chi connectivity index (χ3v) is 20.0. The number of nitrogens with one attached hydrogen (secondary N) is 1. The van der Waals surface area contributed by atoms with Crippen LogP contribution in [-0.4, -0.2) is 104 Å². The number of alkyl carbamates (subject to hydrolysis) is 1. The molecule has 2 aromatic rings. The molecule has 15 heteroatoms. The first-order chi connectivity index (χ1) is 30.8. The van der Waals surface area contributed by atoms with E-state index in [9.17, 15) is 19.5 Å². The predicted octanol–water partition coefficient (Wildman–Crippen LogP) is 8.29. The molecule has 0 spiro atoms. The molecule has 4 fully saturated rings. The van der Waals surface area contributed by atoms with Crippen LogP contribution in [0.3, 0.4) is 0 Å². The van der Waals surface area contributed by atoms with Crippen LogP contribution in [0.25, 0.3) is 0 Å². The summed E-state index contributed by atoms with van der Waals surface area (Å²) in [6, 6.07) is 16.5. The Bertz CT molecular complexity index is 2210. The highest BCUT2D eigenvalue weighted by molar-refractivity contribution is 6.74. The average Bonchev–Trinajstić information content (AvgIpc) is 3.66. The molecule has 2 saturated carbocycles. The van der Waals surface area contributed by atoms with Crippen molar-refractivity contribution in [3.8, 4) is 0 Å². The maximum atomic E-state index is 15.4. The molecule has 2 aliphatic heterocycles. The average molecular weight is 932 g/mol. The number of hydrogen-bond donors (Lipinski definition) is 2. The molecule has 5 aliphatic rings. The number of aliphatic hydroxyl groups is 1. The molecule has 7 rings (SSSR count). The third-order valence-electron chi connectivity index (χ3n) is 15.5. The van der Waals surface area contributed by atoms with Crippen LogP contribution >= 0.6 is 0 Å². The van der Waals surface area contributed by atoms with Gasteiger partial charge in [0.25, 0.3) is 0 Å². The molecular formula is C51H69NO13Si. The zero-order chi connectivity index (χ0) is 48.4. The summed E-state index contributed by atoms with van der Waals surface area (Å²) in [6.45, 7) is 26.6. The molecular weight excluding hydrogens is 863 g/mol. The molecule has 2 saturated heterocycles. The number of fused-ring (bicyclic) bond motifs is 8. The van der Waals surface area contributed by atoms with Gasteiger partial charge in [-0.15, -0.1) is 0 Å². The van der Waals surface area contributed by atoms with Crippen molar-refractivity contribution in [1.82, 2.24) is 5.32 Å². The van der Waals surface area contributed by atoms with Gasteiger partial charge in [-0.1, -0.05) is 96.7 Å². The Hall–Kier alpha value is -4.38. The van der Waals surface area contributed by atoms with E-state index in [4.69, 9.17) is 37.6 Å². The second-order valence-corrected chi connectivity index (χ2v) is 26.1. The van der Waals surface area contributed by atoms with E-state index in [1.54, 1.807) is 74.5 Å². The first-order valence-corrected chi connectivity index (χ1v) is 26.1. The minimum atomic E-state index is -2.83. The molecule has 66 heavy (non-hydrogen) atoms. The summed E-state index contributed by atoms with van der Waals surface area (Å²) in [4.78, 5) is 56.6. The Balaban J connectivity index is 1.42. The number of ether oxygens (including phenoxy) is 7. The molecule has 2 N–H and O–H groups in total. The van der Waals surface area contributed by atoms with Crippen molar-refractivity contribution < 1.29 is 61.9 Å². The van der Waals surface area contributed by atoms with Gasteiger partial charge in [0.05, 0.1) is 36.3 Å². The minimum Gasteiger partial charge on any atom is -0.456 e. The molecule has 1 amide bonds. The Kier molecular flexibility index (Phi) is 13.5. The van der Waals surface area contributed by atoms with Crippen LogP contribution in [0.15, 0.2) is 84.5 Å². The van der Waals surface area contributed by atoms with Gasteiger partial charge >= 0.3 is 24.0 Å². The van der Waals surface area contributed by atoms with Crippen LogP contribution in [0.4, 0.5) is 4.79 Å². The number of esters is 3. The van der Waals surface area contributed by atoms with Gasteiger partial charge in [0.15, 0.2) is 26.3 Å². The first kappa shape index (κ1) is 49.5. The lowest BCUT2D eigenvalue weighted by atomic mass is 9.45. The largest absolute Gasteiger partial charge is 0.456 e. The number of amides is 1. The SMILES string of the molecule is C=C[C@@H]1O[C@@H]2C3=C(C)[C@@H](OC(=O)[C@H](O[Si](C)(C)C(C)(C)C)[C@@H](NC(=O)OC(C)C)c4ccccc4)C[C@@](O)([C@@H](OC(=O)c4ccccc4)[C@H]4[C@@](C)(CC[C@H]5OC[C@]54OC(C)=O)[C@@H]2O1)C3(C)C. The predicted molar refractivity (Wildman–Crippen MR) is 246 cm³/mol. The van der Waals surface area contributed by atoms with Gasteiger partial charge in [0.1, 0.15) is 30.0 Å². The van der Waals surface area contributed by atoms with E-state index in [0.29, 0.717) is 29.6 Å². The summed E-state index contributed by atoms with van der Waals surface area (Å²) in [6.07, 6.45) is -5.92. The van der Waals surface area contributed by atoms with Gasteiger partial charge in [-0.05, 0) is 86.7 Å². The van der Waals surface area contributed by atoms with E-state index in [1.807, 2.05) is 67.6 Å². The van der Waals surface area contributed by atoms with Gasteiger partial charge in [0, 0.05) is 24.2 Å². The lowest BCUT2D eigenvalue weighted by Crippen LogP contribution is -2.79. The summed E-state index contributed by atoms with van der Waals surface area (Å²) < 4.78 is 52.1. The lowest BCUT2D eigenvalue weighted by Gasteiger charge is -2.68. The maximum absolute atomic E-state index is 15.4. The van der Waals surface area contributed by atoms with Crippen molar-refractivity contribution in [2.75, 3.05) is 6.61 Å². The topological polar surface area (TPSA) is 174 Å². The van der Waals surface area contributed by atoms with Crippen molar-refractivity contribution in [3.05, 3.63) is 95.6 Å². The van der Waals surface area contributed by atoms with Crippen molar-refractivity contribution in [3.63, 3.8) is 0 Å². The Labute approximate surface area is 390 Å². The number of carbonyl (C=O) groups is 4. The van der Waals surface area contributed by atoms with E-state index >= 15 is 4.79 Å². The molecule has 12 atom stereocenters. The fourth-order valence-corrected chi connectivity index (χ4v) is 12.3. The van der Waals surface area contributed by atoms with E-state index in [1.165, 1.54) is 6.92 Å². The Morgan fingerprint density at radius 1 is 0.970 bits per heavy atom. The highest BCUT2D eigenvalue weighted by atomic mass is 28.4. The van der Waals surface area contributed by atoms with Crippen LogP contribution in [0.5, 0.6) is 0 Å². The summed E-state index contributed by atoms with van der Waals surface area (Å²) in [5, 5.41) is 16.6. The molecule has 0 radical (unpaired) electrons. The second kappa shape index (κ2) is 17.9. The van der Waals surface area contributed by atoms with Crippen LogP contribution < -0.4 is 5.32 Å². The third kappa shape index (κ3) is 8.57. The van der Waals surface area contributed by atoms with Crippen LogP contribution in [0, 0.1) is 16.7 Å². The standard InChI is InChI=1S/C51H69NO13Si/c1-14-36-61-39-37-30(4)34(60-45(55)40(65-66(12,13)47(6,7)8)38(32-21-17-15-18-22-32)52-46(56)59-29(2)3)27-51(57,48(37,9)10)43(63-44(54)33-23-19-16-20-24-33)41-49(11,42(39)62-36)26-25-35-50(41,28-58-35)64-31(5)53/h14-24,29,34-36,38-43,57H,1,25-28H2,2-13H3,(H,52,56)/t34-,35+,36+,38-,39+,40+,41-,42+,43-,49+,50-,51+/m0/s1. The fraction of sp³-hybridized carbons (Fsp3) is 0.608. The Morgan fingerprint density at radius 2 is 1.61 bits per heavy atom. The molecule has 14 nitrogen and oxygen atoms in total. The molecule has 0 unspecified atom stereocenters. The highest BCUT2D eigenvalue weighted by Crippen LogP contribution is 2.67. The molecule has 2 bridgehead atoms. The van der Waals surface area contributed by atoms with Crippen LogP contribution in [0.1, 0.15) is 110 Å². The van der Waals surface area contributed by atoms with Crippen molar-refractivity contribution in [2.24, 2.45) is 16.7 Å². The van der Waals surface area contributed by atoms with Gasteiger partial charge in [-0.3, -0.25) is 4.79 Å². The van der Waals surface area contributed by atoms with E-state index in [0.717, 1.165) is 0 Å². The van der Waals surface area contributed by atoms with Crippen molar-refractivity contribution in [2.45, 2.75) is 173 Å². The molecule has 2 aromatic carbocycles. The van der Waals surface area contributed by atoms with Gasteiger partial charge in [0.2, 0.25) is 0 Å². The monoisotopic (exact) mass is 931 g/mol. The quantitative estimate of drug-likeness (QED) is 0.0902. The van der Waals surface area contributed by atoms with Crippen LogP contribution in [-0.2, 0) is 47.2 Å². The molecule has 0 aromatic heterocycles. The number of hydrogen-bond acceptors (Lipinski definition) is 13. The minimum absolute atomic E-state index is 0.0176. The zero-order valence-corrected chi connectivity index (χ0v) is 41.5. The van der Waals surface area contributed by atoms with E-state index in [-0.39, 0.29) is 23.6 Å². The van der Waals surface area contributed by atoms with E-state index < -0.39 is 115 Å². The van der Waals surface area contributed by atoms with Crippen molar-refractivity contribution in [1.29, 1.82) is 0 Å². The number of carbonyl (C=O) groups excluding carboxylic acids is 4. The summed E-state index contributed by atoms with van der Waals surface area (Å²) >= 11 is 0. The first-order valence-electron chi connectivity index (χ1n) is 23.2. The summed E-state index contributed by atoms with van der Waals surface area (Å²) in [5.41, 5.74) is -3.59.